The predicted molar refractivity (Wildman–Crippen MR) is 67.5 cm³/mol. The van der Waals surface area contributed by atoms with Crippen molar-refractivity contribution in [3.05, 3.63) is 40.3 Å². The minimum Gasteiger partial charge on any atom is -0.307 e. The molecule has 1 aromatic rings. The number of nitrogens with one attached hydrogen (secondary N) is 1. The number of thiocarbonyl (C=S) groups is 1. The quantitative estimate of drug-likeness (QED) is 0.608. The third-order valence-corrected chi connectivity index (χ3v) is 3.14. The standard InChI is InChI=1S/C11H6N2OS2/c12-6-8-3-1-7(2-4-8)5-9-10(14)13-11(15)16-9/h1-5H,(H,13,14,15)/b9-5-. The summed E-state index contributed by atoms with van der Waals surface area (Å²) in [6.45, 7) is 0. The Kier molecular flexibility index (Phi) is 3.04. The van der Waals surface area contributed by atoms with Gasteiger partial charge < -0.3 is 5.32 Å². The summed E-state index contributed by atoms with van der Waals surface area (Å²) in [6.07, 6.45) is 1.75. The average molecular weight is 246 g/mol. The third-order valence-electron chi connectivity index (χ3n) is 1.98. The molecule has 1 aromatic carbocycles. The van der Waals surface area contributed by atoms with Crippen LogP contribution in [0.1, 0.15) is 11.1 Å². The fourth-order valence-corrected chi connectivity index (χ4v) is 2.27. The highest BCUT2D eigenvalue weighted by Gasteiger charge is 2.21. The number of carbonyl (C=O) groups is 1. The van der Waals surface area contributed by atoms with E-state index >= 15 is 0 Å². The van der Waals surface area contributed by atoms with E-state index < -0.39 is 0 Å². The van der Waals surface area contributed by atoms with E-state index in [0.29, 0.717) is 14.8 Å². The van der Waals surface area contributed by atoms with Crippen LogP contribution in [0.15, 0.2) is 29.2 Å². The van der Waals surface area contributed by atoms with E-state index in [0.717, 1.165) is 5.56 Å². The summed E-state index contributed by atoms with van der Waals surface area (Å²) >= 11 is 6.12. The zero-order valence-corrected chi connectivity index (χ0v) is 9.69. The number of nitriles is 1. The van der Waals surface area contributed by atoms with E-state index in [9.17, 15) is 4.79 Å². The maximum absolute atomic E-state index is 11.4. The van der Waals surface area contributed by atoms with Gasteiger partial charge in [-0.1, -0.05) is 36.1 Å². The molecule has 0 saturated carbocycles. The molecule has 1 fully saturated rings. The maximum atomic E-state index is 11.4. The van der Waals surface area contributed by atoms with Gasteiger partial charge in [0.05, 0.1) is 16.5 Å². The van der Waals surface area contributed by atoms with Crippen molar-refractivity contribution in [3.8, 4) is 6.07 Å². The minimum absolute atomic E-state index is 0.167. The molecule has 1 heterocycles. The summed E-state index contributed by atoms with van der Waals surface area (Å²) in [5, 5.41) is 11.2. The fourth-order valence-electron chi connectivity index (χ4n) is 1.23. The molecular weight excluding hydrogens is 240 g/mol. The molecule has 1 amide bonds. The Morgan fingerprint density at radius 2 is 2.06 bits per heavy atom. The maximum Gasteiger partial charge on any atom is 0.263 e. The number of nitrogens with zero attached hydrogens (tertiary/aromatic N) is 1. The summed E-state index contributed by atoms with van der Waals surface area (Å²) in [7, 11) is 0. The molecule has 0 spiro atoms. The van der Waals surface area contributed by atoms with Crippen LogP contribution < -0.4 is 5.32 Å². The molecule has 16 heavy (non-hydrogen) atoms. The van der Waals surface area contributed by atoms with E-state index in [1.165, 1.54) is 11.8 Å². The Labute approximate surface area is 102 Å². The number of benzene rings is 1. The largest absolute Gasteiger partial charge is 0.307 e. The van der Waals surface area contributed by atoms with E-state index in [1.54, 1.807) is 30.3 Å². The Hall–Kier alpha value is -1.64. The van der Waals surface area contributed by atoms with E-state index in [1.807, 2.05) is 6.07 Å². The smallest absolute Gasteiger partial charge is 0.263 e. The first kappa shape index (κ1) is 10.9. The van der Waals surface area contributed by atoms with Crippen molar-refractivity contribution in [1.29, 1.82) is 5.26 Å². The van der Waals surface area contributed by atoms with Crippen LogP contribution in [0.5, 0.6) is 0 Å². The zero-order valence-electron chi connectivity index (χ0n) is 8.06. The van der Waals surface area contributed by atoms with Gasteiger partial charge in [0.2, 0.25) is 0 Å². The Morgan fingerprint density at radius 3 is 2.56 bits per heavy atom. The lowest BCUT2D eigenvalue weighted by atomic mass is 10.1. The van der Waals surface area contributed by atoms with E-state index in [4.69, 9.17) is 17.5 Å². The summed E-state index contributed by atoms with van der Waals surface area (Å²) in [5.41, 5.74) is 1.47. The van der Waals surface area contributed by atoms with Crippen LogP contribution in [0.3, 0.4) is 0 Å². The molecule has 0 radical (unpaired) electrons. The highest BCUT2D eigenvalue weighted by molar-refractivity contribution is 8.26. The molecule has 0 atom stereocenters. The van der Waals surface area contributed by atoms with Crippen molar-refractivity contribution < 1.29 is 4.79 Å². The lowest BCUT2D eigenvalue weighted by molar-refractivity contribution is -0.115. The Balaban J connectivity index is 2.26. The van der Waals surface area contributed by atoms with Crippen LogP contribution in [0.4, 0.5) is 0 Å². The lowest BCUT2D eigenvalue weighted by Gasteiger charge is -1.94. The molecule has 0 aliphatic carbocycles. The van der Waals surface area contributed by atoms with Gasteiger partial charge in [0.25, 0.3) is 5.91 Å². The van der Waals surface area contributed by atoms with Crippen molar-refractivity contribution in [3.63, 3.8) is 0 Å². The molecule has 1 saturated heterocycles. The number of thioether (sulfide) groups is 1. The average Bonchev–Trinajstić information content (AvgIpc) is 2.59. The van der Waals surface area contributed by atoms with Gasteiger partial charge in [0.1, 0.15) is 4.32 Å². The highest BCUT2D eigenvalue weighted by atomic mass is 32.2. The Morgan fingerprint density at radius 1 is 1.38 bits per heavy atom. The van der Waals surface area contributed by atoms with E-state index in [2.05, 4.69) is 5.32 Å². The van der Waals surface area contributed by atoms with Crippen LogP contribution in [0.2, 0.25) is 0 Å². The van der Waals surface area contributed by atoms with Crippen molar-refractivity contribution in [2.45, 2.75) is 0 Å². The third kappa shape index (κ3) is 2.30. The SMILES string of the molecule is N#Cc1ccc(/C=C2\SC(=S)NC2=O)cc1. The monoisotopic (exact) mass is 246 g/mol. The molecule has 1 N–H and O–H groups in total. The van der Waals surface area contributed by atoms with Gasteiger partial charge in [0.15, 0.2) is 0 Å². The van der Waals surface area contributed by atoms with Gasteiger partial charge in [-0.05, 0) is 23.8 Å². The summed E-state index contributed by atoms with van der Waals surface area (Å²) < 4.78 is 0.477. The first-order valence-electron chi connectivity index (χ1n) is 4.44. The van der Waals surface area contributed by atoms with Crippen LogP contribution in [0.25, 0.3) is 6.08 Å². The number of hydrogen-bond donors (Lipinski definition) is 1. The second kappa shape index (κ2) is 4.47. The van der Waals surface area contributed by atoms with E-state index in [-0.39, 0.29) is 5.91 Å². The van der Waals surface area contributed by atoms with Gasteiger partial charge >= 0.3 is 0 Å². The molecule has 0 aromatic heterocycles. The van der Waals surface area contributed by atoms with Crippen molar-refractivity contribution >= 4 is 40.3 Å². The number of amides is 1. The molecule has 2 rings (SSSR count). The van der Waals surface area contributed by atoms with Crippen molar-refractivity contribution in [2.24, 2.45) is 0 Å². The van der Waals surface area contributed by atoms with Gasteiger partial charge in [0, 0.05) is 0 Å². The van der Waals surface area contributed by atoms with Gasteiger partial charge in [-0.15, -0.1) is 0 Å². The molecule has 5 heteroatoms. The van der Waals surface area contributed by atoms with Crippen LogP contribution in [-0.2, 0) is 4.79 Å². The molecule has 3 nitrogen and oxygen atoms in total. The number of carbonyl (C=O) groups excluding carboxylic acids is 1. The lowest BCUT2D eigenvalue weighted by Crippen LogP contribution is -2.17. The summed E-state index contributed by atoms with van der Waals surface area (Å²) in [5.74, 6) is -0.167. The second-order valence-electron chi connectivity index (χ2n) is 3.09. The highest BCUT2D eigenvalue weighted by Crippen LogP contribution is 2.25. The number of hydrogen-bond acceptors (Lipinski definition) is 4. The summed E-state index contributed by atoms with van der Waals surface area (Å²) in [4.78, 5) is 12.0. The molecule has 0 bridgehead atoms. The van der Waals surface area contributed by atoms with Gasteiger partial charge in [-0.25, -0.2) is 0 Å². The molecule has 78 valence electrons. The van der Waals surface area contributed by atoms with Gasteiger partial charge in [-0.3, -0.25) is 4.79 Å². The predicted octanol–water partition coefficient (Wildman–Crippen LogP) is 2.05. The van der Waals surface area contributed by atoms with Crippen molar-refractivity contribution in [2.75, 3.05) is 0 Å². The van der Waals surface area contributed by atoms with Crippen LogP contribution in [-0.4, -0.2) is 10.2 Å². The molecule has 1 aliphatic rings. The first-order chi connectivity index (χ1) is 7.69. The summed E-state index contributed by atoms with van der Waals surface area (Å²) in [6, 6.07) is 9.04. The topological polar surface area (TPSA) is 52.9 Å². The molecule has 1 aliphatic heterocycles. The fraction of sp³-hybridized carbons (Fsp3) is 0. The van der Waals surface area contributed by atoms with Gasteiger partial charge in [-0.2, -0.15) is 5.26 Å². The van der Waals surface area contributed by atoms with Crippen molar-refractivity contribution in [1.82, 2.24) is 5.32 Å². The molecule has 0 unspecified atom stereocenters. The normalized spacial score (nSPS) is 17.3. The molecular formula is C11H6N2OS2. The zero-order chi connectivity index (χ0) is 11.5. The number of rotatable bonds is 1. The second-order valence-corrected chi connectivity index (χ2v) is 4.80. The minimum atomic E-state index is -0.167. The van der Waals surface area contributed by atoms with Crippen LogP contribution in [0, 0.1) is 11.3 Å². The first-order valence-corrected chi connectivity index (χ1v) is 5.66. The Bertz CT molecular complexity index is 526. The van der Waals surface area contributed by atoms with Crippen LogP contribution >= 0.6 is 24.0 Å².